The molecular formula is C19H17F4N5O2. The van der Waals surface area contributed by atoms with Crippen LogP contribution in [0.3, 0.4) is 0 Å². The van der Waals surface area contributed by atoms with Crippen LogP contribution in [-0.2, 0) is 12.7 Å². The Kier molecular flexibility index (Phi) is 5.62. The zero-order valence-electron chi connectivity index (χ0n) is 15.6. The van der Waals surface area contributed by atoms with Crippen LogP contribution in [0.2, 0.25) is 0 Å². The molecule has 11 heteroatoms. The van der Waals surface area contributed by atoms with Gasteiger partial charge in [0.05, 0.1) is 18.8 Å². The summed E-state index contributed by atoms with van der Waals surface area (Å²) in [4.78, 5) is 1.93. The average Bonchev–Trinajstić information content (AvgIpc) is 3.37. The van der Waals surface area contributed by atoms with Crippen LogP contribution in [0.25, 0.3) is 11.3 Å². The Morgan fingerprint density at radius 3 is 2.67 bits per heavy atom. The first kappa shape index (κ1) is 20.2. The van der Waals surface area contributed by atoms with E-state index >= 15 is 0 Å². The van der Waals surface area contributed by atoms with E-state index in [2.05, 4.69) is 24.8 Å². The van der Waals surface area contributed by atoms with Gasteiger partial charge in [-0.05, 0) is 31.2 Å². The van der Waals surface area contributed by atoms with Gasteiger partial charge in [0.1, 0.15) is 5.82 Å². The molecule has 0 bridgehead atoms. The van der Waals surface area contributed by atoms with Crippen molar-refractivity contribution in [2.45, 2.75) is 19.1 Å². The van der Waals surface area contributed by atoms with Crippen molar-refractivity contribution in [2.75, 3.05) is 19.7 Å². The number of ether oxygens (including phenoxy) is 1. The largest absolute Gasteiger partial charge is 0.476 e. The molecule has 0 aliphatic carbocycles. The fourth-order valence-electron chi connectivity index (χ4n) is 3.22. The van der Waals surface area contributed by atoms with Crippen LogP contribution in [0.15, 0.2) is 40.8 Å². The lowest BCUT2D eigenvalue weighted by atomic mass is 10.1. The maximum absolute atomic E-state index is 13.3. The molecule has 1 atom stereocenters. The summed E-state index contributed by atoms with van der Waals surface area (Å²) in [7, 11) is 0. The van der Waals surface area contributed by atoms with E-state index in [-0.39, 0.29) is 24.2 Å². The molecular weight excluding hydrogens is 406 g/mol. The van der Waals surface area contributed by atoms with E-state index in [1.807, 2.05) is 4.90 Å². The highest BCUT2D eigenvalue weighted by Crippen LogP contribution is 2.28. The van der Waals surface area contributed by atoms with Crippen LogP contribution < -0.4 is 4.74 Å². The van der Waals surface area contributed by atoms with Crippen LogP contribution in [0.1, 0.15) is 18.2 Å². The Labute approximate surface area is 168 Å². The first-order valence-electron chi connectivity index (χ1n) is 9.21. The molecule has 0 amide bonds. The van der Waals surface area contributed by atoms with Gasteiger partial charge in [0.2, 0.25) is 11.8 Å². The maximum Gasteiger partial charge on any atom is 0.470 e. The molecule has 158 valence electrons. The lowest BCUT2D eigenvalue weighted by Gasteiger charge is -2.14. The second kappa shape index (κ2) is 8.34. The highest BCUT2D eigenvalue weighted by Gasteiger charge is 2.38. The number of benzene rings is 1. The number of hydrogen-bond donors (Lipinski definition) is 0. The van der Waals surface area contributed by atoms with Crippen molar-refractivity contribution < 1.29 is 26.7 Å². The molecule has 30 heavy (non-hydrogen) atoms. The Balaban J connectivity index is 1.26. The molecule has 0 saturated carbocycles. The van der Waals surface area contributed by atoms with Crippen LogP contribution >= 0.6 is 0 Å². The molecule has 4 rings (SSSR count). The molecule has 3 heterocycles. The fraction of sp³-hybridized carbons (Fsp3) is 0.368. The van der Waals surface area contributed by atoms with Crippen LogP contribution in [-0.4, -0.2) is 45.0 Å². The molecule has 2 aromatic heterocycles. The van der Waals surface area contributed by atoms with Gasteiger partial charge in [0, 0.05) is 24.1 Å². The van der Waals surface area contributed by atoms with Crippen molar-refractivity contribution in [3.8, 4) is 17.1 Å². The smallest absolute Gasteiger partial charge is 0.470 e. The fourth-order valence-corrected chi connectivity index (χ4v) is 3.22. The number of alkyl halides is 3. The predicted molar refractivity (Wildman–Crippen MR) is 95.6 cm³/mol. The molecule has 0 radical (unpaired) electrons. The summed E-state index contributed by atoms with van der Waals surface area (Å²) >= 11 is 0. The average molecular weight is 423 g/mol. The minimum atomic E-state index is -4.64. The van der Waals surface area contributed by atoms with E-state index in [0.717, 1.165) is 6.42 Å². The molecule has 0 N–H and O–H groups in total. The number of rotatable bonds is 6. The molecule has 1 saturated heterocycles. The van der Waals surface area contributed by atoms with Gasteiger partial charge >= 0.3 is 12.1 Å². The Morgan fingerprint density at radius 2 is 1.97 bits per heavy atom. The van der Waals surface area contributed by atoms with E-state index in [4.69, 9.17) is 4.74 Å². The van der Waals surface area contributed by atoms with E-state index in [1.165, 1.54) is 12.1 Å². The number of aromatic nitrogens is 4. The second-order valence-electron chi connectivity index (χ2n) is 6.97. The van der Waals surface area contributed by atoms with Gasteiger partial charge in [-0.3, -0.25) is 4.90 Å². The molecule has 7 nitrogen and oxygen atoms in total. The summed E-state index contributed by atoms with van der Waals surface area (Å²) in [5, 5.41) is 14.5. The van der Waals surface area contributed by atoms with E-state index < -0.39 is 12.1 Å². The van der Waals surface area contributed by atoms with E-state index in [9.17, 15) is 17.6 Å². The molecule has 1 aromatic carbocycles. The predicted octanol–water partition coefficient (Wildman–Crippen LogP) is 3.59. The number of hydrogen-bond acceptors (Lipinski definition) is 7. The lowest BCUT2D eigenvalue weighted by molar-refractivity contribution is -0.157. The lowest BCUT2D eigenvalue weighted by Crippen LogP contribution is -2.22. The van der Waals surface area contributed by atoms with E-state index in [0.29, 0.717) is 36.8 Å². The van der Waals surface area contributed by atoms with E-state index in [1.54, 1.807) is 24.3 Å². The SMILES string of the molecule is Fc1cccc(-c2ccc(OCC3CCN(Cc4nnc(C(F)(F)F)o4)C3)nn2)c1. The zero-order chi connectivity index (χ0) is 21.1. The molecule has 1 aliphatic rings. The topological polar surface area (TPSA) is 77.2 Å². The van der Waals surface area contributed by atoms with Gasteiger partial charge in [-0.25, -0.2) is 4.39 Å². The monoisotopic (exact) mass is 423 g/mol. The third-order valence-corrected chi connectivity index (χ3v) is 4.67. The van der Waals surface area contributed by atoms with Gasteiger partial charge < -0.3 is 9.15 Å². The summed E-state index contributed by atoms with van der Waals surface area (Å²) in [6, 6.07) is 9.43. The third-order valence-electron chi connectivity index (χ3n) is 4.67. The van der Waals surface area contributed by atoms with Crippen LogP contribution in [0.4, 0.5) is 17.6 Å². The Morgan fingerprint density at radius 1 is 1.10 bits per heavy atom. The van der Waals surface area contributed by atoms with Gasteiger partial charge in [0.15, 0.2) is 0 Å². The van der Waals surface area contributed by atoms with Crippen molar-refractivity contribution in [2.24, 2.45) is 5.92 Å². The minimum Gasteiger partial charge on any atom is -0.476 e. The quantitative estimate of drug-likeness (QED) is 0.561. The number of nitrogens with zero attached hydrogens (tertiary/aromatic N) is 5. The number of halogens is 4. The molecule has 0 spiro atoms. The summed E-state index contributed by atoms with van der Waals surface area (Å²) in [5.41, 5.74) is 1.15. The molecule has 1 fully saturated rings. The molecule has 1 unspecified atom stereocenters. The second-order valence-corrected chi connectivity index (χ2v) is 6.97. The normalized spacial score (nSPS) is 17.4. The highest BCUT2D eigenvalue weighted by molar-refractivity contribution is 5.58. The van der Waals surface area contributed by atoms with Gasteiger partial charge in [-0.1, -0.05) is 12.1 Å². The highest BCUT2D eigenvalue weighted by atomic mass is 19.4. The van der Waals surface area contributed by atoms with Crippen molar-refractivity contribution >= 4 is 0 Å². The first-order valence-corrected chi connectivity index (χ1v) is 9.21. The Hall–Kier alpha value is -3.08. The molecule has 1 aliphatic heterocycles. The van der Waals surface area contributed by atoms with Crippen molar-refractivity contribution in [3.63, 3.8) is 0 Å². The summed E-state index contributed by atoms with van der Waals surface area (Å²) in [5.74, 6) is -1.23. The van der Waals surface area contributed by atoms with Gasteiger partial charge in [-0.2, -0.15) is 13.2 Å². The summed E-state index contributed by atoms with van der Waals surface area (Å²) in [6.07, 6.45) is -3.83. The van der Waals surface area contributed by atoms with Crippen molar-refractivity contribution in [1.82, 2.24) is 25.3 Å². The standard InChI is InChI=1S/C19H17F4N5O2/c20-14-3-1-2-13(8-14)15-4-5-16(25-24-15)29-11-12-6-7-28(9-12)10-17-26-27-18(30-17)19(21,22)23/h1-5,8,12H,6-7,9-11H2. The van der Waals surface area contributed by atoms with Crippen LogP contribution in [0, 0.1) is 11.7 Å². The third kappa shape index (κ3) is 4.90. The Bertz CT molecular complexity index is 993. The summed E-state index contributed by atoms with van der Waals surface area (Å²) < 4.78 is 61.2. The number of likely N-dealkylation sites (tertiary alicyclic amines) is 1. The molecule has 3 aromatic rings. The van der Waals surface area contributed by atoms with Crippen LogP contribution in [0.5, 0.6) is 5.88 Å². The summed E-state index contributed by atoms with van der Waals surface area (Å²) in [6.45, 7) is 1.85. The maximum atomic E-state index is 13.3. The first-order chi connectivity index (χ1) is 14.4. The minimum absolute atomic E-state index is 0.0669. The zero-order valence-corrected chi connectivity index (χ0v) is 15.6. The van der Waals surface area contributed by atoms with Crippen molar-refractivity contribution in [1.29, 1.82) is 0 Å². The van der Waals surface area contributed by atoms with Gasteiger partial charge in [0.25, 0.3) is 0 Å². The van der Waals surface area contributed by atoms with Gasteiger partial charge in [-0.15, -0.1) is 20.4 Å². The van der Waals surface area contributed by atoms with Crippen molar-refractivity contribution in [3.05, 3.63) is 54.0 Å².